The summed E-state index contributed by atoms with van der Waals surface area (Å²) in [7, 11) is 0. The zero-order valence-electron chi connectivity index (χ0n) is 13.9. The molecule has 1 fully saturated rings. The second kappa shape index (κ2) is 8.38. The van der Waals surface area contributed by atoms with E-state index in [-0.39, 0.29) is 5.91 Å². The van der Waals surface area contributed by atoms with Gasteiger partial charge in [0.05, 0.1) is 0 Å². The van der Waals surface area contributed by atoms with Crippen molar-refractivity contribution in [3.63, 3.8) is 0 Å². The van der Waals surface area contributed by atoms with Crippen LogP contribution in [0.2, 0.25) is 0 Å². The van der Waals surface area contributed by atoms with Gasteiger partial charge >= 0.3 is 0 Å². The van der Waals surface area contributed by atoms with Gasteiger partial charge in [-0.1, -0.05) is 30.3 Å². The molecule has 2 aromatic carbocycles. The number of carbonyl (C=O) groups is 1. The molecule has 6 heteroatoms. The number of carbonyl (C=O) groups excluding carboxylic acids is 1. The highest BCUT2D eigenvalue weighted by Crippen LogP contribution is 2.41. The van der Waals surface area contributed by atoms with Gasteiger partial charge in [-0.2, -0.15) is 0 Å². The lowest BCUT2D eigenvalue weighted by molar-refractivity contribution is -0.134. The molecule has 132 valence electrons. The maximum absolute atomic E-state index is 12.2. The van der Waals surface area contributed by atoms with Gasteiger partial charge in [0.2, 0.25) is 0 Å². The minimum atomic E-state index is -0.675. The Labute approximate surface area is 151 Å². The fraction of sp³-hybridized carbons (Fsp3) is 0.316. The predicted molar refractivity (Wildman–Crippen MR) is 98.8 cm³/mol. The number of hydroxylamine groups is 1. The number of hydrogen-bond acceptors (Lipinski definition) is 5. The van der Waals surface area contributed by atoms with Crippen molar-refractivity contribution in [2.75, 3.05) is 18.5 Å². The van der Waals surface area contributed by atoms with Crippen molar-refractivity contribution in [2.24, 2.45) is 0 Å². The van der Waals surface area contributed by atoms with Crippen molar-refractivity contribution in [2.45, 2.75) is 29.0 Å². The van der Waals surface area contributed by atoms with Crippen LogP contribution < -0.4 is 10.8 Å². The first-order valence-electron chi connectivity index (χ1n) is 8.31. The number of rotatable bonds is 6. The first-order valence-corrected chi connectivity index (χ1v) is 9.13. The summed E-state index contributed by atoms with van der Waals surface area (Å²) >= 11 is 1.49. The fourth-order valence-corrected chi connectivity index (χ4v) is 4.08. The Morgan fingerprint density at radius 1 is 1.08 bits per heavy atom. The van der Waals surface area contributed by atoms with Gasteiger partial charge in [0.1, 0.15) is 4.75 Å². The Bertz CT molecular complexity index is 686. The van der Waals surface area contributed by atoms with Gasteiger partial charge in [-0.3, -0.25) is 10.0 Å². The number of anilines is 1. The molecular weight excluding hydrogens is 336 g/mol. The molecule has 0 radical (unpaired) electrons. The summed E-state index contributed by atoms with van der Waals surface area (Å²) in [6.45, 7) is 1.82. The quantitative estimate of drug-likeness (QED) is 0.545. The molecule has 0 saturated carbocycles. The van der Waals surface area contributed by atoms with Crippen LogP contribution in [0.3, 0.4) is 0 Å². The number of hydrogen-bond donors (Lipinski definition) is 3. The van der Waals surface area contributed by atoms with Gasteiger partial charge in [-0.15, -0.1) is 11.8 Å². The van der Waals surface area contributed by atoms with Crippen molar-refractivity contribution in [1.29, 1.82) is 0 Å². The van der Waals surface area contributed by atoms with Crippen LogP contribution in [0, 0.1) is 0 Å². The van der Waals surface area contributed by atoms with Crippen LogP contribution in [0.5, 0.6) is 0 Å². The van der Waals surface area contributed by atoms with Crippen molar-refractivity contribution < 1.29 is 14.7 Å². The molecule has 2 aromatic rings. The Morgan fingerprint density at radius 2 is 1.76 bits per heavy atom. The molecule has 0 spiro atoms. The Kier molecular flexibility index (Phi) is 5.96. The zero-order chi connectivity index (χ0) is 17.5. The van der Waals surface area contributed by atoms with E-state index in [2.05, 4.69) is 17.4 Å². The van der Waals surface area contributed by atoms with Crippen LogP contribution in [0.25, 0.3) is 0 Å². The standard InChI is InChI=1S/C19H22N2O3S/c22-18(21-23)19(10-12-24-13-11-19)25-17-8-6-16(7-9-17)20-14-15-4-2-1-3-5-15/h1-9,20,23H,10-14H2,(H,21,22). The van der Waals surface area contributed by atoms with Gasteiger partial charge < -0.3 is 10.1 Å². The normalized spacial score (nSPS) is 16.2. The monoisotopic (exact) mass is 358 g/mol. The summed E-state index contributed by atoms with van der Waals surface area (Å²) in [4.78, 5) is 13.2. The molecular formula is C19H22N2O3S. The van der Waals surface area contributed by atoms with Crippen LogP contribution >= 0.6 is 11.8 Å². The minimum Gasteiger partial charge on any atom is -0.381 e. The van der Waals surface area contributed by atoms with Crippen LogP contribution in [0.15, 0.2) is 59.5 Å². The molecule has 0 unspecified atom stereocenters. The third-order valence-corrected chi connectivity index (χ3v) is 5.82. The van der Waals surface area contributed by atoms with Gasteiger partial charge in [0, 0.05) is 30.3 Å². The van der Waals surface area contributed by atoms with Crippen LogP contribution in [0.1, 0.15) is 18.4 Å². The average molecular weight is 358 g/mol. The SMILES string of the molecule is O=C(NO)C1(Sc2ccc(NCc3ccccc3)cc2)CCOCC1. The van der Waals surface area contributed by atoms with Crippen LogP contribution in [-0.4, -0.2) is 29.1 Å². The van der Waals surface area contributed by atoms with Crippen molar-refractivity contribution >= 4 is 23.4 Å². The van der Waals surface area contributed by atoms with E-state index in [0.29, 0.717) is 26.1 Å². The molecule has 0 bridgehead atoms. The highest BCUT2D eigenvalue weighted by molar-refractivity contribution is 8.01. The van der Waals surface area contributed by atoms with Gasteiger partial charge in [0.25, 0.3) is 5.91 Å². The molecule has 1 amide bonds. The van der Waals surface area contributed by atoms with E-state index >= 15 is 0 Å². The number of thioether (sulfide) groups is 1. The summed E-state index contributed by atoms with van der Waals surface area (Å²) in [5, 5.41) is 12.5. The van der Waals surface area contributed by atoms with Gasteiger partial charge in [0.15, 0.2) is 0 Å². The van der Waals surface area contributed by atoms with Crippen molar-refractivity contribution in [1.82, 2.24) is 5.48 Å². The first kappa shape index (κ1) is 17.8. The molecule has 1 heterocycles. The molecule has 0 atom stereocenters. The minimum absolute atomic E-state index is 0.355. The highest BCUT2D eigenvalue weighted by Gasteiger charge is 2.41. The van der Waals surface area contributed by atoms with Crippen LogP contribution in [-0.2, 0) is 16.1 Å². The molecule has 5 nitrogen and oxygen atoms in total. The molecule has 3 N–H and O–H groups in total. The zero-order valence-corrected chi connectivity index (χ0v) is 14.7. The number of ether oxygens (including phenoxy) is 1. The molecule has 1 saturated heterocycles. The Hall–Kier alpha value is -2.02. The van der Waals surface area contributed by atoms with E-state index in [4.69, 9.17) is 9.94 Å². The molecule has 1 aliphatic heterocycles. The molecule has 25 heavy (non-hydrogen) atoms. The lowest BCUT2D eigenvalue weighted by atomic mass is 9.98. The Balaban J connectivity index is 1.64. The number of amides is 1. The summed E-state index contributed by atoms with van der Waals surface area (Å²) in [5.41, 5.74) is 4.07. The molecule has 0 aliphatic carbocycles. The summed E-state index contributed by atoms with van der Waals surface area (Å²) in [6, 6.07) is 18.2. The third-order valence-electron chi connectivity index (χ3n) is 4.32. The average Bonchev–Trinajstić information content (AvgIpc) is 2.68. The van der Waals surface area contributed by atoms with Gasteiger partial charge in [-0.25, -0.2) is 5.48 Å². The van der Waals surface area contributed by atoms with E-state index in [9.17, 15) is 4.79 Å². The molecule has 0 aromatic heterocycles. The van der Waals surface area contributed by atoms with E-state index in [1.165, 1.54) is 17.3 Å². The first-order chi connectivity index (χ1) is 12.2. The van der Waals surface area contributed by atoms with E-state index in [0.717, 1.165) is 17.1 Å². The van der Waals surface area contributed by atoms with E-state index < -0.39 is 4.75 Å². The lowest BCUT2D eigenvalue weighted by Crippen LogP contribution is -2.46. The van der Waals surface area contributed by atoms with Crippen molar-refractivity contribution in [3.8, 4) is 0 Å². The number of nitrogens with one attached hydrogen (secondary N) is 2. The molecule has 3 rings (SSSR count). The van der Waals surface area contributed by atoms with Crippen LogP contribution in [0.4, 0.5) is 5.69 Å². The van der Waals surface area contributed by atoms with E-state index in [1.54, 1.807) is 0 Å². The topological polar surface area (TPSA) is 70.6 Å². The Morgan fingerprint density at radius 3 is 2.40 bits per heavy atom. The smallest absolute Gasteiger partial charge is 0.260 e. The summed E-state index contributed by atoms with van der Waals surface area (Å²) in [5.74, 6) is -0.355. The summed E-state index contributed by atoms with van der Waals surface area (Å²) in [6.07, 6.45) is 1.16. The van der Waals surface area contributed by atoms with Crippen molar-refractivity contribution in [3.05, 3.63) is 60.2 Å². The van der Waals surface area contributed by atoms with Gasteiger partial charge in [-0.05, 0) is 42.7 Å². The second-order valence-electron chi connectivity index (χ2n) is 6.01. The van der Waals surface area contributed by atoms with E-state index in [1.807, 2.05) is 47.9 Å². The fourth-order valence-electron chi connectivity index (χ4n) is 2.84. The largest absolute Gasteiger partial charge is 0.381 e. The lowest BCUT2D eigenvalue weighted by Gasteiger charge is -2.34. The maximum Gasteiger partial charge on any atom is 0.260 e. The maximum atomic E-state index is 12.2. The molecule has 1 aliphatic rings. The summed E-state index contributed by atoms with van der Waals surface area (Å²) < 4.78 is 4.69. The predicted octanol–water partition coefficient (Wildman–Crippen LogP) is 3.45. The number of benzene rings is 2. The second-order valence-corrected chi connectivity index (χ2v) is 7.47. The third kappa shape index (κ3) is 4.54. The highest BCUT2D eigenvalue weighted by atomic mass is 32.2.